The molecule has 1 atom stereocenters. The Morgan fingerprint density at radius 1 is 1.17 bits per heavy atom. The van der Waals surface area contributed by atoms with Crippen molar-refractivity contribution in [2.75, 3.05) is 7.05 Å². The van der Waals surface area contributed by atoms with E-state index in [1.807, 2.05) is 31.2 Å². The van der Waals surface area contributed by atoms with Crippen LogP contribution in [0.25, 0.3) is 11.3 Å². The monoisotopic (exact) mass is 512 g/mol. The molecular formula is C21H23F2IN4O. The van der Waals surface area contributed by atoms with Gasteiger partial charge in [-0.25, -0.2) is 13.8 Å². The minimum Gasteiger partial charge on any atom is -0.439 e. The molecule has 1 heterocycles. The first-order valence-corrected chi connectivity index (χ1v) is 8.90. The molecule has 1 aromatic heterocycles. The molecule has 0 fully saturated rings. The third kappa shape index (κ3) is 5.99. The minimum atomic E-state index is -0.607. The van der Waals surface area contributed by atoms with E-state index in [2.05, 4.69) is 20.6 Å². The molecule has 0 aliphatic rings. The number of oxazole rings is 1. The van der Waals surface area contributed by atoms with Crippen molar-refractivity contribution in [2.45, 2.75) is 26.4 Å². The molecule has 2 aromatic carbocycles. The maximum atomic E-state index is 13.9. The Hall–Kier alpha value is -2.49. The van der Waals surface area contributed by atoms with Crippen LogP contribution in [0.4, 0.5) is 8.78 Å². The van der Waals surface area contributed by atoms with E-state index in [9.17, 15) is 8.78 Å². The first kappa shape index (κ1) is 22.8. The van der Waals surface area contributed by atoms with E-state index in [0.29, 0.717) is 29.7 Å². The van der Waals surface area contributed by atoms with Crippen LogP contribution in [0.15, 0.2) is 58.1 Å². The fourth-order valence-electron chi connectivity index (χ4n) is 2.73. The van der Waals surface area contributed by atoms with E-state index >= 15 is 0 Å². The number of hydrogen-bond acceptors (Lipinski definition) is 3. The van der Waals surface area contributed by atoms with E-state index in [-0.39, 0.29) is 24.0 Å². The molecule has 0 aliphatic carbocycles. The molecule has 154 valence electrons. The summed E-state index contributed by atoms with van der Waals surface area (Å²) in [5.74, 6) is 0.419. The van der Waals surface area contributed by atoms with Gasteiger partial charge in [0.25, 0.3) is 0 Å². The number of halogens is 3. The van der Waals surface area contributed by atoms with Crippen molar-refractivity contribution in [3.05, 3.63) is 77.3 Å². The third-order valence-corrected chi connectivity index (χ3v) is 4.30. The Balaban J connectivity index is 0.00000300. The maximum absolute atomic E-state index is 13.9. The van der Waals surface area contributed by atoms with Gasteiger partial charge in [0.05, 0.1) is 18.8 Å². The lowest BCUT2D eigenvalue weighted by molar-refractivity contribution is 0.495. The third-order valence-electron chi connectivity index (χ3n) is 4.30. The highest BCUT2D eigenvalue weighted by atomic mass is 127. The topological polar surface area (TPSA) is 62.5 Å². The van der Waals surface area contributed by atoms with Gasteiger partial charge in [-0.1, -0.05) is 35.9 Å². The van der Waals surface area contributed by atoms with E-state index in [1.165, 1.54) is 17.7 Å². The van der Waals surface area contributed by atoms with Gasteiger partial charge in [-0.3, -0.25) is 4.99 Å². The Morgan fingerprint density at radius 3 is 2.55 bits per heavy atom. The van der Waals surface area contributed by atoms with Crippen LogP contribution in [0, 0.1) is 18.6 Å². The molecule has 2 N–H and O–H groups in total. The number of aromatic nitrogens is 1. The summed E-state index contributed by atoms with van der Waals surface area (Å²) in [5.41, 5.74) is 2.47. The minimum absolute atomic E-state index is 0. The molecule has 0 radical (unpaired) electrons. The normalized spacial score (nSPS) is 12.2. The molecule has 0 bridgehead atoms. The molecule has 0 aliphatic heterocycles. The van der Waals surface area contributed by atoms with Crippen molar-refractivity contribution in [1.82, 2.24) is 15.6 Å². The first-order chi connectivity index (χ1) is 13.5. The van der Waals surface area contributed by atoms with Gasteiger partial charge in [0, 0.05) is 24.2 Å². The van der Waals surface area contributed by atoms with Crippen LogP contribution in [0.5, 0.6) is 0 Å². The van der Waals surface area contributed by atoms with Crippen LogP contribution >= 0.6 is 24.0 Å². The molecule has 0 amide bonds. The van der Waals surface area contributed by atoms with Gasteiger partial charge in [-0.2, -0.15) is 0 Å². The van der Waals surface area contributed by atoms with Gasteiger partial charge in [0.15, 0.2) is 11.7 Å². The summed E-state index contributed by atoms with van der Waals surface area (Å²) >= 11 is 0. The number of benzene rings is 2. The van der Waals surface area contributed by atoms with Crippen molar-refractivity contribution in [3.8, 4) is 11.3 Å². The van der Waals surface area contributed by atoms with E-state index < -0.39 is 17.7 Å². The lowest BCUT2D eigenvalue weighted by Gasteiger charge is -2.18. The SMILES string of the molecule is CN=C(NCc1ncc(-c2ccc(C)cc2)o1)NC(C)c1ccc(F)cc1F.I. The number of aryl methyl sites for hydroxylation is 1. The molecule has 3 rings (SSSR count). The highest BCUT2D eigenvalue weighted by molar-refractivity contribution is 14.0. The van der Waals surface area contributed by atoms with Gasteiger partial charge in [0.2, 0.25) is 5.89 Å². The molecule has 29 heavy (non-hydrogen) atoms. The molecule has 0 spiro atoms. The molecule has 0 saturated carbocycles. The van der Waals surface area contributed by atoms with Gasteiger partial charge >= 0.3 is 0 Å². The van der Waals surface area contributed by atoms with Crippen LogP contribution in [0.1, 0.15) is 30.0 Å². The van der Waals surface area contributed by atoms with Crippen LogP contribution < -0.4 is 10.6 Å². The van der Waals surface area contributed by atoms with Crippen LogP contribution in [0.2, 0.25) is 0 Å². The number of rotatable bonds is 5. The lowest BCUT2D eigenvalue weighted by atomic mass is 10.1. The van der Waals surface area contributed by atoms with Gasteiger partial charge < -0.3 is 15.1 Å². The summed E-state index contributed by atoms with van der Waals surface area (Å²) in [6, 6.07) is 11.1. The second-order valence-corrected chi connectivity index (χ2v) is 6.44. The van der Waals surface area contributed by atoms with Crippen molar-refractivity contribution in [2.24, 2.45) is 4.99 Å². The van der Waals surface area contributed by atoms with Gasteiger partial charge in [-0.05, 0) is 19.9 Å². The van der Waals surface area contributed by atoms with Gasteiger partial charge in [0.1, 0.15) is 11.6 Å². The summed E-state index contributed by atoms with van der Waals surface area (Å²) in [6.07, 6.45) is 1.67. The Kier molecular flexibility index (Phi) is 8.12. The largest absolute Gasteiger partial charge is 0.439 e. The molecule has 8 heteroatoms. The number of nitrogens with one attached hydrogen (secondary N) is 2. The highest BCUT2D eigenvalue weighted by Gasteiger charge is 2.14. The zero-order chi connectivity index (χ0) is 20.1. The molecule has 0 saturated heterocycles. The number of nitrogens with zero attached hydrogens (tertiary/aromatic N) is 2. The second-order valence-electron chi connectivity index (χ2n) is 6.44. The average Bonchev–Trinajstić information content (AvgIpc) is 3.14. The number of hydrogen-bond donors (Lipinski definition) is 2. The quantitative estimate of drug-likeness (QED) is 0.288. The number of aliphatic imine (C=N–C) groups is 1. The summed E-state index contributed by atoms with van der Waals surface area (Å²) < 4.78 is 32.8. The first-order valence-electron chi connectivity index (χ1n) is 8.90. The standard InChI is InChI=1S/C21H22F2N4O.HI/c1-13-4-6-15(7-5-13)19-11-25-20(28-19)12-26-21(24-3)27-14(2)17-9-8-16(22)10-18(17)23;/h4-11,14H,12H2,1-3H3,(H2,24,26,27);1H. The molecule has 5 nitrogen and oxygen atoms in total. The maximum Gasteiger partial charge on any atom is 0.214 e. The van der Waals surface area contributed by atoms with Crippen LogP contribution in [-0.2, 0) is 6.54 Å². The summed E-state index contributed by atoms with van der Waals surface area (Å²) in [4.78, 5) is 8.39. The second kappa shape index (κ2) is 10.3. The Bertz CT molecular complexity index is 973. The zero-order valence-electron chi connectivity index (χ0n) is 16.4. The van der Waals surface area contributed by atoms with E-state index in [4.69, 9.17) is 4.42 Å². The summed E-state index contributed by atoms with van der Waals surface area (Å²) in [6.45, 7) is 4.10. The van der Waals surface area contributed by atoms with Gasteiger partial charge in [-0.15, -0.1) is 24.0 Å². The van der Waals surface area contributed by atoms with Crippen molar-refractivity contribution in [1.29, 1.82) is 0 Å². The van der Waals surface area contributed by atoms with Crippen molar-refractivity contribution < 1.29 is 13.2 Å². The Labute approximate surface area is 185 Å². The van der Waals surface area contributed by atoms with E-state index in [1.54, 1.807) is 20.2 Å². The van der Waals surface area contributed by atoms with Crippen LogP contribution in [0.3, 0.4) is 0 Å². The smallest absolute Gasteiger partial charge is 0.214 e. The van der Waals surface area contributed by atoms with Crippen LogP contribution in [-0.4, -0.2) is 18.0 Å². The highest BCUT2D eigenvalue weighted by Crippen LogP contribution is 2.21. The summed E-state index contributed by atoms with van der Waals surface area (Å²) in [7, 11) is 1.61. The predicted molar refractivity (Wildman–Crippen MR) is 120 cm³/mol. The fourth-order valence-corrected chi connectivity index (χ4v) is 2.73. The van der Waals surface area contributed by atoms with Crippen molar-refractivity contribution in [3.63, 3.8) is 0 Å². The fraction of sp³-hybridized carbons (Fsp3) is 0.238. The van der Waals surface area contributed by atoms with E-state index in [0.717, 1.165) is 11.6 Å². The zero-order valence-corrected chi connectivity index (χ0v) is 18.7. The molecular weight excluding hydrogens is 489 g/mol. The predicted octanol–water partition coefficient (Wildman–Crippen LogP) is 4.97. The summed E-state index contributed by atoms with van der Waals surface area (Å²) in [5, 5.41) is 6.14. The number of guanidine groups is 1. The molecule has 1 unspecified atom stereocenters. The van der Waals surface area contributed by atoms with Crippen molar-refractivity contribution >= 4 is 29.9 Å². The lowest BCUT2D eigenvalue weighted by Crippen LogP contribution is -2.38. The average molecular weight is 512 g/mol. The molecule has 3 aromatic rings. The Morgan fingerprint density at radius 2 is 1.90 bits per heavy atom.